The molecular formula is C30H36N2O3. The number of carbonyl (C=O) groups is 1. The van der Waals surface area contributed by atoms with Crippen molar-refractivity contribution in [3.8, 4) is 22.6 Å². The van der Waals surface area contributed by atoms with Gasteiger partial charge in [-0.2, -0.15) is 0 Å². The van der Waals surface area contributed by atoms with Crippen molar-refractivity contribution in [3.05, 3.63) is 88.5 Å². The molecule has 0 aliphatic rings. The maximum atomic E-state index is 13.3. The molecule has 0 atom stereocenters. The van der Waals surface area contributed by atoms with Crippen LogP contribution in [0.1, 0.15) is 32.6 Å². The van der Waals surface area contributed by atoms with Crippen molar-refractivity contribution in [2.24, 2.45) is 0 Å². The van der Waals surface area contributed by atoms with Gasteiger partial charge in [0.15, 0.2) is 5.78 Å². The highest BCUT2D eigenvalue weighted by atomic mass is 16.5. The number of hydrogen-bond donors (Lipinski definition) is 1. The Labute approximate surface area is 209 Å². The SMILES string of the molecule is Cc1cc(C)cc(-c2ccc(OCCN(C)C)c(C(=O)C=Cc3ccc(O)c(CN(C)C)c3)c2)c1. The van der Waals surface area contributed by atoms with E-state index in [1.54, 1.807) is 24.3 Å². The van der Waals surface area contributed by atoms with Crippen LogP contribution in [0.5, 0.6) is 11.5 Å². The molecule has 184 valence electrons. The zero-order valence-electron chi connectivity index (χ0n) is 21.6. The number of rotatable bonds is 10. The molecule has 3 aromatic rings. The van der Waals surface area contributed by atoms with Gasteiger partial charge in [-0.15, -0.1) is 0 Å². The first-order chi connectivity index (χ1) is 16.6. The second-order valence-corrected chi connectivity index (χ2v) is 9.56. The molecule has 0 aliphatic heterocycles. The molecule has 0 aromatic heterocycles. The lowest BCUT2D eigenvalue weighted by Crippen LogP contribution is -2.20. The molecule has 0 amide bonds. The van der Waals surface area contributed by atoms with E-state index in [1.807, 2.05) is 62.3 Å². The summed E-state index contributed by atoms with van der Waals surface area (Å²) in [5.74, 6) is 0.701. The average Bonchev–Trinajstić information content (AvgIpc) is 2.78. The normalized spacial score (nSPS) is 11.5. The maximum absolute atomic E-state index is 13.3. The third kappa shape index (κ3) is 7.54. The first-order valence-corrected chi connectivity index (χ1v) is 11.8. The smallest absolute Gasteiger partial charge is 0.189 e. The van der Waals surface area contributed by atoms with Crippen LogP contribution in [-0.4, -0.2) is 62.0 Å². The number of ketones is 1. The molecule has 0 spiro atoms. The van der Waals surface area contributed by atoms with Gasteiger partial charge < -0.3 is 19.6 Å². The van der Waals surface area contributed by atoms with Crippen LogP contribution >= 0.6 is 0 Å². The summed E-state index contributed by atoms with van der Waals surface area (Å²) in [6, 6.07) is 17.6. The predicted molar refractivity (Wildman–Crippen MR) is 144 cm³/mol. The fourth-order valence-electron chi connectivity index (χ4n) is 3.95. The summed E-state index contributed by atoms with van der Waals surface area (Å²) in [6.07, 6.45) is 3.36. The van der Waals surface area contributed by atoms with Crippen molar-refractivity contribution in [1.82, 2.24) is 9.80 Å². The number of phenolic OH excluding ortho intramolecular Hbond substituents is 1. The molecule has 5 nitrogen and oxygen atoms in total. The van der Waals surface area contributed by atoms with Gasteiger partial charge in [-0.3, -0.25) is 4.79 Å². The van der Waals surface area contributed by atoms with Crippen molar-refractivity contribution in [1.29, 1.82) is 0 Å². The third-order valence-corrected chi connectivity index (χ3v) is 5.61. The van der Waals surface area contributed by atoms with Gasteiger partial charge in [0.1, 0.15) is 18.1 Å². The van der Waals surface area contributed by atoms with Gasteiger partial charge >= 0.3 is 0 Å². The van der Waals surface area contributed by atoms with E-state index in [4.69, 9.17) is 4.74 Å². The molecule has 0 radical (unpaired) electrons. The van der Waals surface area contributed by atoms with Crippen molar-refractivity contribution >= 4 is 11.9 Å². The van der Waals surface area contributed by atoms with Crippen LogP contribution in [0.25, 0.3) is 17.2 Å². The van der Waals surface area contributed by atoms with E-state index in [2.05, 4.69) is 32.0 Å². The van der Waals surface area contributed by atoms with Crippen molar-refractivity contribution < 1.29 is 14.6 Å². The van der Waals surface area contributed by atoms with Crippen LogP contribution in [0.15, 0.2) is 60.7 Å². The Morgan fingerprint density at radius 3 is 2.26 bits per heavy atom. The lowest BCUT2D eigenvalue weighted by atomic mass is 9.97. The van der Waals surface area contributed by atoms with Crippen molar-refractivity contribution in [2.45, 2.75) is 20.4 Å². The number of likely N-dealkylation sites (N-methyl/N-ethyl adjacent to an activating group) is 1. The average molecular weight is 473 g/mol. The zero-order valence-corrected chi connectivity index (χ0v) is 21.6. The first kappa shape index (κ1) is 26.2. The minimum atomic E-state index is -0.127. The number of carbonyl (C=O) groups excluding carboxylic acids is 1. The molecule has 5 heteroatoms. The topological polar surface area (TPSA) is 53.0 Å². The predicted octanol–water partition coefficient (Wildman–Crippen LogP) is 5.57. The standard InChI is InChI=1S/C30H36N2O3/c1-21-15-22(2)17-25(16-21)24-9-12-30(35-14-13-31(3)4)27(19-24)29(34)11-8-23-7-10-28(33)26(18-23)20-32(5)6/h7-12,15-19,33H,13-14,20H2,1-6H3. The number of hydrogen-bond acceptors (Lipinski definition) is 5. The van der Waals surface area contributed by atoms with Gasteiger partial charge in [-0.25, -0.2) is 0 Å². The monoisotopic (exact) mass is 472 g/mol. The number of benzene rings is 3. The highest BCUT2D eigenvalue weighted by Gasteiger charge is 2.14. The Morgan fingerprint density at radius 1 is 0.886 bits per heavy atom. The number of allylic oxidation sites excluding steroid dienone is 1. The van der Waals surface area contributed by atoms with Crippen LogP contribution in [0.4, 0.5) is 0 Å². The van der Waals surface area contributed by atoms with Gasteiger partial charge in [-0.05, 0) is 89.1 Å². The Morgan fingerprint density at radius 2 is 1.60 bits per heavy atom. The summed E-state index contributed by atoms with van der Waals surface area (Å²) in [4.78, 5) is 17.4. The number of aryl methyl sites for hydroxylation is 2. The Balaban J connectivity index is 1.94. The van der Waals surface area contributed by atoms with Crippen LogP contribution in [0.3, 0.4) is 0 Å². The van der Waals surface area contributed by atoms with Gasteiger partial charge in [0.25, 0.3) is 0 Å². The molecule has 0 fully saturated rings. The Hall–Kier alpha value is -3.41. The van der Waals surface area contributed by atoms with Crippen LogP contribution in [-0.2, 0) is 6.54 Å². The third-order valence-electron chi connectivity index (χ3n) is 5.61. The van der Waals surface area contributed by atoms with E-state index in [-0.39, 0.29) is 11.5 Å². The van der Waals surface area contributed by atoms with Gasteiger partial charge in [0.2, 0.25) is 0 Å². The lowest BCUT2D eigenvalue weighted by molar-refractivity contribution is 0.104. The van der Waals surface area contributed by atoms with Crippen molar-refractivity contribution in [3.63, 3.8) is 0 Å². The first-order valence-electron chi connectivity index (χ1n) is 11.8. The minimum Gasteiger partial charge on any atom is -0.508 e. The van der Waals surface area contributed by atoms with E-state index < -0.39 is 0 Å². The second kappa shape index (κ2) is 11.8. The van der Waals surface area contributed by atoms with Crippen molar-refractivity contribution in [2.75, 3.05) is 41.3 Å². The molecule has 0 saturated carbocycles. The molecule has 3 rings (SSSR count). The summed E-state index contributed by atoms with van der Waals surface area (Å²) < 4.78 is 6.00. The molecule has 0 unspecified atom stereocenters. The fourth-order valence-corrected chi connectivity index (χ4v) is 3.95. The molecule has 0 heterocycles. The highest BCUT2D eigenvalue weighted by Crippen LogP contribution is 2.29. The number of phenols is 1. The molecule has 35 heavy (non-hydrogen) atoms. The summed E-state index contributed by atoms with van der Waals surface area (Å²) in [5.41, 5.74) is 6.62. The largest absolute Gasteiger partial charge is 0.508 e. The van der Waals surface area contributed by atoms with E-state index in [0.29, 0.717) is 24.5 Å². The molecule has 1 N–H and O–H groups in total. The van der Waals surface area contributed by atoms with Gasteiger partial charge in [-0.1, -0.05) is 47.5 Å². The Kier molecular flexibility index (Phi) is 8.85. The van der Waals surface area contributed by atoms with E-state index in [9.17, 15) is 9.90 Å². The number of aromatic hydroxyl groups is 1. The number of ether oxygens (including phenoxy) is 1. The Bertz CT molecular complexity index is 1190. The van der Waals surface area contributed by atoms with Crippen LogP contribution in [0.2, 0.25) is 0 Å². The number of nitrogens with zero attached hydrogens (tertiary/aromatic N) is 2. The summed E-state index contributed by atoms with van der Waals surface area (Å²) in [7, 11) is 7.88. The highest BCUT2D eigenvalue weighted by molar-refractivity contribution is 6.09. The summed E-state index contributed by atoms with van der Waals surface area (Å²) in [5, 5.41) is 10.1. The summed E-state index contributed by atoms with van der Waals surface area (Å²) in [6.45, 7) is 6.01. The van der Waals surface area contributed by atoms with Crippen LogP contribution in [0, 0.1) is 13.8 Å². The fraction of sp³-hybridized carbons (Fsp3) is 0.300. The summed E-state index contributed by atoms with van der Waals surface area (Å²) >= 11 is 0. The molecule has 0 bridgehead atoms. The maximum Gasteiger partial charge on any atom is 0.189 e. The zero-order chi connectivity index (χ0) is 25.5. The lowest BCUT2D eigenvalue weighted by Gasteiger charge is -2.15. The van der Waals surface area contributed by atoms with E-state index >= 15 is 0 Å². The molecule has 3 aromatic carbocycles. The molecule has 0 saturated heterocycles. The quantitative estimate of drug-likeness (QED) is 0.309. The van der Waals surface area contributed by atoms with Gasteiger partial charge in [0.05, 0.1) is 5.56 Å². The van der Waals surface area contributed by atoms with Gasteiger partial charge in [0, 0.05) is 18.7 Å². The van der Waals surface area contributed by atoms with E-state index in [1.165, 1.54) is 11.1 Å². The second-order valence-electron chi connectivity index (χ2n) is 9.56. The molecular weight excluding hydrogens is 436 g/mol. The van der Waals surface area contributed by atoms with E-state index in [0.717, 1.165) is 28.8 Å². The molecule has 0 aliphatic carbocycles. The minimum absolute atomic E-state index is 0.127. The van der Waals surface area contributed by atoms with Crippen LogP contribution < -0.4 is 4.74 Å².